The van der Waals surface area contributed by atoms with Crippen molar-refractivity contribution in [1.29, 1.82) is 0 Å². The first-order valence-electron chi connectivity index (χ1n) is 7.22. The highest BCUT2D eigenvalue weighted by atomic mass is 35.5. The number of rotatable bonds is 10. The second-order valence-electron chi connectivity index (χ2n) is 4.91. The maximum absolute atomic E-state index is 11.2. The minimum atomic E-state index is -0.640. The van der Waals surface area contributed by atoms with Crippen LogP contribution in [0.5, 0.6) is 5.75 Å². The fourth-order valence-corrected chi connectivity index (χ4v) is 2.20. The van der Waals surface area contributed by atoms with Crippen molar-refractivity contribution in [2.45, 2.75) is 45.4 Å². The normalized spacial score (nSPS) is 10.4. The van der Waals surface area contributed by atoms with Crippen LogP contribution in [0, 0.1) is 0 Å². The van der Waals surface area contributed by atoms with Gasteiger partial charge in [0.1, 0.15) is 5.75 Å². The Balaban J connectivity index is 2.50. The van der Waals surface area contributed by atoms with Crippen LogP contribution < -0.4 is 4.74 Å². The molecule has 0 fully saturated rings. The van der Waals surface area contributed by atoms with Gasteiger partial charge in [-0.05, 0) is 47.8 Å². The standard InChI is InChI=1S/C16H20Cl2O3/c1-2-3-4-5-6-7-8-21-14-10-12(15(17)19)9-13(11-14)16(18)20/h9-11H,2-8H2,1H3. The minimum Gasteiger partial charge on any atom is -0.494 e. The molecule has 0 N–H and O–H groups in total. The lowest BCUT2D eigenvalue weighted by atomic mass is 10.1. The van der Waals surface area contributed by atoms with Crippen molar-refractivity contribution in [3.8, 4) is 5.75 Å². The summed E-state index contributed by atoms with van der Waals surface area (Å²) in [7, 11) is 0. The van der Waals surface area contributed by atoms with Crippen LogP contribution in [0.15, 0.2) is 18.2 Å². The van der Waals surface area contributed by atoms with Crippen LogP contribution in [0.3, 0.4) is 0 Å². The van der Waals surface area contributed by atoms with Crippen molar-refractivity contribution in [3.05, 3.63) is 29.3 Å². The van der Waals surface area contributed by atoms with E-state index in [-0.39, 0.29) is 11.1 Å². The molecule has 1 aromatic carbocycles. The van der Waals surface area contributed by atoms with Gasteiger partial charge >= 0.3 is 0 Å². The number of hydrogen-bond acceptors (Lipinski definition) is 3. The Morgan fingerprint density at radius 1 is 0.905 bits per heavy atom. The van der Waals surface area contributed by atoms with E-state index >= 15 is 0 Å². The van der Waals surface area contributed by atoms with E-state index in [0.29, 0.717) is 12.4 Å². The molecule has 0 saturated heterocycles. The Morgan fingerprint density at radius 3 is 1.95 bits per heavy atom. The van der Waals surface area contributed by atoms with E-state index in [0.717, 1.165) is 12.8 Å². The Bertz CT molecular complexity index is 454. The first-order chi connectivity index (χ1) is 10.0. The summed E-state index contributed by atoms with van der Waals surface area (Å²) in [6.45, 7) is 2.73. The van der Waals surface area contributed by atoms with Crippen LogP contribution in [-0.2, 0) is 0 Å². The van der Waals surface area contributed by atoms with Gasteiger partial charge in [-0.2, -0.15) is 0 Å². The van der Waals surface area contributed by atoms with Crippen LogP contribution in [0.25, 0.3) is 0 Å². The molecule has 0 bridgehead atoms. The second kappa shape index (κ2) is 9.80. The summed E-state index contributed by atoms with van der Waals surface area (Å²) in [6.07, 6.45) is 6.98. The molecule has 116 valence electrons. The van der Waals surface area contributed by atoms with Crippen LogP contribution >= 0.6 is 23.2 Å². The predicted molar refractivity (Wildman–Crippen MR) is 85.7 cm³/mol. The van der Waals surface area contributed by atoms with Gasteiger partial charge in [-0.1, -0.05) is 39.0 Å². The molecule has 5 heteroatoms. The fourth-order valence-electron chi connectivity index (χ4n) is 1.98. The summed E-state index contributed by atoms with van der Waals surface area (Å²) in [5, 5.41) is -1.28. The fraction of sp³-hybridized carbons (Fsp3) is 0.500. The largest absolute Gasteiger partial charge is 0.494 e. The van der Waals surface area contributed by atoms with Crippen molar-refractivity contribution >= 4 is 33.7 Å². The van der Waals surface area contributed by atoms with Gasteiger partial charge < -0.3 is 4.74 Å². The number of carbonyl (C=O) groups is 2. The SMILES string of the molecule is CCCCCCCCOc1cc(C(=O)Cl)cc(C(=O)Cl)c1. The third kappa shape index (κ3) is 6.96. The maximum Gasteiger partial charge on any atom is 0.252 e. The van der Waals surface area contributed by atoms with Crippen LogP contribution in [0.4, 0.5) is 0 Å². The van der Waals surface area contributed by atoms with E-state index < -0.39 is 10.5 Å². The number of benzene rings is 1. The van der Waals surface area contributed by atoms with E-state index in [2.05, 4.69) is 6.92 Å². The molecule has 0 saturated carbocycles. The summed E-state index contributed by atoms with van der Waals surface area (Å²) in [6, 6.07) is 4.41. The van der Waals surface area contributed by atoms with Gasteiger partial charge in [0.25, 0.3) is 10.5 Å². The van der Waals surface area contributed by atoms with E-state index in [1.165, 1.54) is 43.9 Å². The molecule has 0 aromatic heterocycles. The first kappa shape index (κ1) is 18.0. The van der Waals surface area contributed by atoms with Crippen molar-refractivity contribution in [1.82, 2.24) is 0 Å². The van der Waals surface area contributed by atoms with Gasteiger partial charge in [-0.25, -0.2) is 0 Å². The average Bonchev–Trinajstić information content (AvgIpc) is 2.46. The zero-order valence-electron chi connectivity index (χ0n) is 12.2. The maximum atomic E-state index is 11.2. The number of ether oxygens (including phenoxy) is 1. The topological polar surface area (TPSA) is 43.4 Å². The van der Waals surface area contributed by atoms with Gasteiger partial charge in [0.15, 0.2) is 0 Å². The Morgan fingerprint density at radius 2 is 1.43 bits per heavy atom. The molecule has 0 atom stereocenters. The molecule has 0 aliphatic rings. The summed E-state index contributed by atoms with van der Waals surface area (Å²) in [5.74, 6) is 0.444. The van der Waals surface area contributed by atoms with Crippen molar-refractivity contribution in [3.63, 3.8) is 0 Å². The average molecular weight is 331 g/mol. The van der Waals surface area contributed by atoms with Gasteiger partial charge in [0, 0.05) is 11.1 Å². The lowest BCUT2D eigenvalue weighted by Gasteiger charge is -2.08. The molecular weight excluding hydrogens is 311 g/mol. The number of carbonyl (C=O) groups excluding carboxylic acids is 2. The van der Waals surface area contributed by atoms with Crippen LogP contribution in [-0.4, -0.2) is 17.1 Å². The van der Waals surface area contributed by atoms with Gasteiger partial charge in [0.05, 0.1) is 6.61 Å². The highest BCUT2D eigenvalue weighted by molar-refractivity contribution is 6.69. The zero-order valence-corrected chi connectivity index (χ0v) is 13.7. The van der Waals surface area contributed by atoms with Crippen molar-refractivity contribution in [2.75, 3.05) is 6.61 Å². The van der Waals surface area contributed by atoms with Crippen molar-refractivity contribution < 1.29 is 14.3 Å². The molecule has 0 amide bonds. The number of halogens is 2. The molecule has 0 spiro atoms. The first-order valence-corrected chi connectivity index (χ1v) is 7.97. The molecular formula is C16H20Cl2O3. The van der Waals surface area contributed by atoms with E-state index in [1.807, 2.05) is 0 Å². The molecule has 3 nitrogen and oxygen atoms in total. The second-order valence-corrected chi connectivity index (χ2v) is 5.60. The monoisotopic (exact) mass is 330 g/mol. The van der Waals surface area contributed by atoms with Crippen LogP contribution in [0.1, 0.15) is 66.2 Å². The molecule has 0 aliphatic carbocycles. The molecule has 0 aliphatic heterocycles. The molecule has 0 heterocycles. The van der Waals surface area contributed by atoms with Crippen LogP contribution in [0.2, 0.25) is 0 Å². The van der Waals surface area contributed by atoms with Gasteiger partial charge in [-0.15, -0.1) is 0 Å². The Hall–Kier alpha value is -1.06. The highest BCUT2D eigenvalue weighted by Gasteiger charge is 2.11. The van der Waals surface area contributed by atoms with Gasteiger partial charge in [0.2, 0.25) is 0 Å². The molecule has 0 radical (unpaired) electrons. The molecule has 0 unspecified atom stereocenters. The van der Waals surface area contributed by atoms with E-state index in [4.69, 9.17) is 27.9 Å². The van der Waals surface area contributed by atoms with Crippen molar-refractivity contribution in [2.24, 2.45) is 0 Å². The van der Waals surface area contributed by atoms with E-state index in [9.17, 15) is 9.59 Å². The lowest BCUT2D eigenvalue weighted by molar-refractivity contribution is 0.108. The Labute approximate surface area is 135 Å². The quantitative estimate of drug-likeness (QED) is 0.438. The Kier molecular flexibility index (Phi) is 8.40. The summed E-state index contributed by atoms with van der Waals surface area (Å²) < 4.78 is 5.57. The number of unbranched alkanes of at least 4 members (excludes halogenated alkanes) is 5. The molecule has 1 rings (SSSR count). The highest BCUT2D eigenvalue weighted by Crippen LogP contribution is 2.20. The summed E-state index contributed by atoms with van der Waals surface area (Å²) in [4.78, 5) is 22.4. The van der Waals surface area contributed by atoms with E-state index in [1.54, 1.807) is 0 Å². The summed E-state index contributed by atoms with van der Waals surface area (Å²) >= 11 is 10.9. The number of hydrogen-bond donors (Lipinski definition) is 0. The lowest BCUT2D eigenvalue weighted by Crippen LogP contribution is -2.01. The minimum absolute atomic E-state index is 0.209. The zero-order chi connectivity index (χ0) is 15.7. The summed E-state index contributed by atoms with van der Waals surface area (Å²) in [5.41, 5.74) is 0.419. The predicted octanol–water partition coefficient (Wildman–Crippen LogP) is 5.18. The van der Waals surface area contributed by atoms with Gasteiger partial charge in [-0.3, -0.25) is 9.59 Å². The third-order valence-electron chi connectivity index (χ3n) is 3.13. The molecule has 1 aromatic rings. The third-order valence-corrected chi connectivity index (χ3v) is 3.56. The smallest absolute Gasteiger partial charge is 0.252 e. The molecule has 21 heavy (non-hydrogen) atoms.